The Morgan fingerprint density at radius 1 is 1.47 bits per heavy atom. The summed E-state index contributed by atoms with van der Waals surface area (Å²) in [5.41, 5.74) is 6.91. The van der Waals surface area contributed by atoms with E-state index in [0.717, 1.165) is 39.1 Å². The van der Waals surface area contributed by atoms with E-state index in [4.69, 9.17) is 5.73 Å². The van der Waals surface area contributed by atoms with Crippen LogP contribution in [0.4, 0.5) is 5.13 Å². The molecule has 2 heterocycles. The van der Waals surface area contributed by atoms with Crippen molar-refractivity contribution in [3.63, 3.8) is 0 Å². The van der Waals surface area contributed by atoms with Crippen LogP contribution in [-0.2, 0) is 13.0 Å². The van der Waals surface area contributed by atoms with Gasteiger partial charge in [0.25, 0.3) is 0 Å². The average Bonchev–Trinajstić information content (AvgIpc) is 2.60. The number of hydrogen-bond donors (Lipinski definition) is 2. The lowest BCUT2D eigenvalue weighted by Crippen LogP contribution is -2.42. The van der Waals surface area contributed by atoms with Gasteiger partial charge in [-0.05, 0) is 6.42 Å². The van der Waals surface area contributed by atoms with Gasteiger partial charge in [-0.2, -0.15) is 0 Å². The molecule has 0 saturated carbocycles. The van der Waals surface area contributed by atoms with E-state index in [1.165, 1.54) is 10.6 Å². The maximum Gasteiger partial charge on any atom is 0.180 e. The molecule has 0 aliphatic carbocycles. The first-order valence-corrected chi connectivity index (χ1v) is 6.28. The highest BCUT2D eigenvalue weighted by Crippen LogP contribution is 2.22. The molecule has 15 heavy (non-hydrogen) atoms. The minimum Gasteiger partial charge on any atom is -0.375 e. The molecule has 0 bridgehead atoms. The molecule has 4 nitrogen and oxygen atoms in total. The van der Waals surface area contributed by atoms with Crippen LogP contribution in [0.3, 0.4) is 0 Å². The van der Waals surface area contributed by atoms with E-state index in [1.54, 1.807) is 11.3 Å². The van der Waals surface area contributed by atoms with E-state index >= 15 is 0 Å². The summed E-state index contributed by atoms with van der Waals surface area (Å²) in [5.74, 6) is 0. The Morgan fingerprint density at radius 2 is 2.20 bits per heavy atom. The Balaban J connectivity index is 2.02. The van der Waals surface area contributed by atoms with E-state index in [0.29, 0.717) is 5.13 Å². The van der Waals surface area contributed by atoms with Crippen molar-refractivity contribution in [1.29, 1.82) is 0 Å². The second kappa shape index (κ2) is 4.92. The lowest BCUT2D eigenvalue weighted by molar-refractivity contribution is 0.234. The third-order valence-corrected chi connectivity index (χ3v) is 3.62. The van der Waals surface area contributed by atoms with Gasteiger partial charge in [-0.15, -0.1) is 11.3 Å². The summed E-state index contributed by atoms with van der Waals surface area (Å²) >= 11 is 1.64. The van der Waals surface area contributed by atoms with Crippen molar-refractivity contribution >= 4 is 16.5 Å². The van der Waals surface area contributed by atoms with Crippen LogP contribution in [-0.4, -0.2) is 36.1 Å². The maximum atomic E-state index is 5.74. The molecule has 0 aromatic carbocycles. The number of aryl methyl sites for hydroxylation is 1. The van der Waals surface area contributed by atoms with E-state index < -0.39 is 0 Å². The molecule has 1 aromatic heterocycles. The average molecular weight is 226 g/mol. The molecular formula is C10H18N4S. The number of nitrogens with one attached hydrogen (secondary N) is 1. The van der Waals surface area contributed by atoms with E-state index in [-0.39, 0.29) is 0 Å². The highest BCUT2D eigenvalue weighted by Gasteiger charge is 2.14. The molecule has 1 aromatic rings. The molecule has 5 heteroatoms. The smallest absolute Gasteiger partial charge is 0.180 e. The summed E-state index contributed by atoms with van der Waals surface area (Å²) in [7, 11) is 0. The highest BCUT2D eigenvalue weighted by molar-refractivity contribution is 7.15. The van der Waals surface area contributed by atoms with Gasteiger partial charge in [-0.25, -0.2) is 4.98 Å². The van der Waals surface area contributed by atoms with Gasteiger partial charge >= 0.3 is 0 Å². The number of thiazole rings is 1. The molecule has 0 atom stereocenters. The molecule has 1 aliphatic heterocycles. The Morgan fingerprint density at radius 3 is 2.87 bits per heavy atom. The standard InChI is InChI=1S/C10H18N4S/c1-2-8-9(15-10(11)13-8)7-14-5-3-12-4-6-14/h12H,2-7H2,1H3,(H2,11,13). The number of piperazine rings is 1. The van der Waals surface area contributed by atoms with Crippen LogP contribution in [0.5, 0.6) is 0 Å². The fourth-order valence-electron chi connectivity index (χ4n) is 1.88. The summed E-state index contributed by atoms with van der Waals surface area (Å²) in [6.07, 6.45) is 0.981. The van der Waals surface area contributed by atoms with Gasteiger partial charge in [0.2, 0.25) is 0 Å². The van der Waals surface area contributed by atoms with Gasteiger partial charge in [-0.3, -0.25) is 4.90 Å². The van der Waals surface area contributed by atoms with Crippen molar-refractivity contribution in [3.8, 4) is 0 Å². The van der Waals surface area contributed by atoms with Crippen LogP contribution in [0, 0.1) is 0 Å². The Bertz CT molecular complexity index is 317. The largest absolute Gasteiger partial charge is 0.375 e. The van der Waals surface area contributed by atoms with Crippen LogP contribution in [0.1, 0.15) is 17.5 Å². The van der Waals surface area contributed by atoms with Gasteiger partial charge in [0, 0.05) is 37.6 Å². The summed E-state index contributed by atoms with van der Waals surface area (Å²) < 4.78 is 0. The zero-order valence-corrected chi connectivity index (χ0v) is 9.94. The molecule has 84 valence electrons. The first kappa shape index (κ1) is 10.9. The van der Waals surface area contributed by atoms with Gasteiger partial charge in [0.05, 0.1) is 5.69 Å². The van der Waals surface area contributed by atoms with E-state index in [2.05, 4.69) is 22.1 Å². The lowest BCUT2D eigenvalue weighted by Gasteiger charge is -2.26. The topological polar surface area (TPSA) is 54.2 Å². The molecule has 2 rings (SSSR count). The van der Waals surface area contributed by atoms with Crippen LogP contribution in [0.15, 0.2) is 0 Å². The van der Waals surface area contributed by atoms with Crippen molar-refractivity contribution in [1.82, 2.24) is 15.2 Å². The third kappa shape index (κ3) is 2.68. The van der Waals surface area contributed by atoms with Gasteiger partial charge < -0.3 is 11.1 Å². The summed E-state index contributed by atoms with van der Waals surface area (Å²) in [5, 5.41) is 4.06. The first-order valence-electron chi connectivity index (χ1n) is 5.46. The SMILES string of the molecule is CCc1nc(N)sc1CN1CCNCC1. The highest BCUT2D eigenvalue weighted by atomic mass is 32.1. The van der Waals surface area contributed by atoms with Gasteiger partial charge in [0.1, 0.15) is 0 Å². The maximum absolute atomic E-state index is 5.74. The second-order valence-corrected chi connectivity index (χ2v) is 4.92. The minimum absolute atomic E-state index is 0.706. The van der Waals surface area contributed by atoms with E-state index in [1.807, 2.05) is 0 Å². The number of nitrogen functional groups attached to an aromatic ring is 1. The molecule has 1 fully saturated rings. The molecule has 0 radical (unpaired) electrons. The molecule has 3 N–H and O–H groups in total. The van der Waals surface area contributed by atoms with Crippen molar-refractivity contribution < 1.29 is 0 Å². The normalized spacial score (nSPS) is 18.2. The fraction of sp³-hybridized carbons (Fsp3) is 0.700. The first-order chi connectivity index (χ1) is 7.29. The Labute approximate surface area is 94.5 Å². The summed E-state index contributed by atoms with van der Waals surface area (Å²) in [4.78, 5) is 8.15. The molecule has 1 aliphatic rings. The van der Waals surface area contributed by atoms with Gasteiger partial charge in [0.15, 0.2) is 5.13 Å². The van der Waals surface area contributed by atoms with Crippen LogP contribution in [0.2, 0.25) is 0 Å². The fourth-order valence-corrected chi connectivity index (χ4v) is 2.84. The zero-order chi connectivity index (χ0) is 10.7. The Hall–Kier alpha value is -0.650. The number of nitrogens with two attached hydrogens (primary N) is 1. The summed E-state index contributed by atoms with van der Waals surface area (Å²) in [6, 6.07) is 0. The second-order valence-electron chi connectivity index (χ2n) is 3.80. The number of rotatable bonds is 3. The van der Waals surface area contributed by atoms with Gasteiger partial charge in [-0.1, -0.05) is 6.92 Å². The van der Waals surface area contributed by atoms with Crippen molar-refractivity contribution in [2.75, 3.05) is 31.9 Å². The Kier molecular flexibility index (Phi) is 3.56. The van der Waals surface area contributed by atoms with Crippen LogP contribution < -0.4 is 11.1 Å². The molecular weight excluding hydrogens is 208 g/mol. The quantitative estimate of drug-likeness (QED) is 0.796. The zero-order valence-electron chi connectivity index (χ0n) is 9.12. The van der Waals surface area contributed by atoms with Crippen LogP contribution in [0.25, 0.3) is 0 Å². The molecule has 1 saturated heterocycles. The molecule has 0 spiro atoms. The van der Waals surface area contributed by atoms with Crippen molar-refractivity contribution in [3.05, 3.63) is 10.6 Å². The molecule has 0 amide bonds. The number of aromatic nitrogens is 1. The lowest BCUT2D eigenvalue weighted by atomic mass is 10.2. The predicted molar refractivity (Wildman–Crippen MR) is 64.1 cm³/mol. The van der Waals surface area contributed by atoms with Crippen LogP contribution >= 0.6 is 11.3 Å². The number of nitrogens with zero attached hydrogens (tertiary/aromatic N) is 2. The van der Waals surface area contributed by atoms with Crippen molar-refractivity contribution in [2.45, 2.75) is 19.9 Å². The predicted octanol–water partition coefficient (Wildman–Crippen LogP) is 0.693. The van der Waals surface area contributed by atoms with Crippen molar-refractivity contribution in [2.24, 2.45) is 0 Å². The monoisotopic (exact) mass is 226 g/mol. The minimum atomic E-state index is 0.706. The third-order valence-electron chi connectivity index (χ3n) is 2.71. The summed E-state index contributed by atoms with van der Waals surface area (Å²) in [6.45, 7) is 7.59. The van der Waals surface area contributed by atoms with E-state index in [9.17, 15) is 0 Å². The number of hydrogen-bond acceptors (Lipinski definition) is 5. The molecule has 0 unspecified atom stereocenters. The number of anilines is 1.